The van der Waals surface area contributed by atoms with Crippen molar-refractivity contribution < 1.29 is 4.68 Å². The van der Waals surface area contributed by atoms with Gasteiger partial charge in [-0.2, -0.15) is 0 Å². The monoisotopic (exact) mass is 111 g/mol. The molecule has 3 nitrogen and oxygen atoms in total. The Morgan fingerprint density at radius 2 is 2.38 bits per heavy atom. The van der Waals surface area contributed by atoms with Gasteiger partial charge in [0.2, 0.25) is 5.84 Å². The summed E-state index contributed by atoms with van der Waals surface area (Å²) in [5.41, 5.74) is 3.87. The molecule has 0 saturated heterocycles. The number of amidine groups is 1. The summed E-state index contributed by atoms with van der Waals surface area (Å²) in [5.74, 6) is 1.10. The average Bonchev–Trinajstić information content (AvgIpc) is 1.98. The highest BCUT2D eigenvalue weighted by Crippen LogP contribution is 2.07. The fourth-order valence-electron chi connectivity index (χ4n) is 0.496. The second kappa shape index (κ2) is 1.65. The smallest absolute Gasteiger partial charge is 0.233 e. The summed E-state index contributed by atoms with van der Waals surface area (Å²) >= 11 is 0. The lowest BCUT2D eigenvalue weighted by atomic mass is 10.6. The Labute approximate surface area is 49.6 Å². The van der Waals surface area contributed by atoms with Crippen LogP contribution >= 0.6 is 0 Å². The largest absolute Gasteiger partial charge is 0.480 e. The van der Waals surface area contributed by atoms with Crippen molar-refractivity contribution in [2.75, 3.05) is 14.1 Å². The topological polar surface area (TPSA) is 20.4 Å². The van der Waals surface area contributed by atoms with E-state index in [2.05, 4.69) is 12.1 Å². The molecule has 44 valence electrons. The maximum absolute atomic E-state index is 3.87. The molecule has 8 heavy (non-hydrogen) atoms. The molecule has 0 aromatic carbocycles. The molecule has 0 unspecified atom stereocenters. The molecule has 1 heterocycles. The summed E-state index contributed by atoms with van der Waals surface area (Å²) in [7, 11) is 3.81. The molecule has 1 aliphatic rings. The van der Waals surface area contributed by atoms with Crippen molar-refractivity contribution in [1.29, 1.82) is 0 Å². The van der Waals surface area contributed by atoms with E-state index in [9.17, 15) is 0 Å². The number of rotatable bonds is 0. The lowest BCUT2D eigenvalue weighted by Crippen LogP contribution is -2.18. The van der Waals surface area contributed by atoms with Crippen LogP contribution in [0.15, 0.2) is 0 Å². The maximum Gasteiger partial charge on any atom is 0.233 e. The Hall–Kier alpha value is -0.730. The van der Waals surface area contributed by atoms with Gasteiger partial charge in [-0.1, -0.05) is 0 Å². The molecule has 0 bridgehead atoms. The van der Waals surface area contributed by atoms with E-state index in [1.165, 1.54) is 0 Å². The predicted molar refractivity (Wildman–Crippen MR) is 31.2 cm³/mol. The van der Waals surface area contributed by atoms with E-state index in [4.69, 9.17) is 0 Å². The van der Waals surface area contributed by atoms with Crippen molar-refractivity contribution in [3.63, 3.8) is 0 Å². The van der Waals surface area contributed by atoms with Crippen LogP contribution in [0.4, 0.5) is 0 Å². The SMILES string of the molecule is CC1=[N+](C)[N-][C]N1C. The van der Waals surface area contributed by atoms with Gasteiger partial charge in [-0.25, -0.2) is 0 Å². The van der Waals surface area contributed by atoms with E-state index in [-0.39, 0.29) is 0 Å². The molecule has 0 atom stereocenters. The molecule has 1 rings (SSSR count). The average molecular weight is 111 g/mol. The molecule has 0 saturated carbocycles. The standard InChI is InChI=1S/C5H9N3/c1-5-7(2)4-6-8(5)3/h1-3H3. The quantitative estimate of drug-likeness (QED) is 0.411. The molecule has 0 aromatic heterocycles. The van der Waals surface area contributed by atoms with Gasteiger partial charge in [-0.15, -0.1) is 0 Å². The minimum absolute atomic E-state index is 1.10. The molecule has 2 radical (unpaired) electrons. The highest BCUT2D eigenvalue weighted by molar-refractivity contribution is 5.76. The van der Waals surface area contributed by atoms with Gasteiger partial charge >= 0.3 is 0 Å². The summed E-state index contributed by atoms with van der Waals surface area (Å²) in [5, 5.41) is 0. The van der Waals surface area contributed by atoms with Gasteiger partial charge in [0.25, 0.3) is 0 Å². The molecule has 0 N–H and O–H groups in total. The first-order valence-electron chi connectivity index (χ1n) is 2.49. The van der Waals surface area contributed by atoms with E-state index in [1.54, 1.807) is 4.68 Å². The molecular formula is C5H9N3. The third-order valence-electron chi connectivity index (χ3n) is 1.30. The molecular weight excluding hydrogens is 102 g/mol. The van der Waals surface area contributed by atoms with Crippen LogP contribution < -0.4 is 0 Å². The Balaban J connectivity index is 2.71. The molecule has 0 aromatic rings. The lowest BCUT2D eigenvalue weighted by Gasteiger charge is -2.02. The minimum atomic E-state index is 1.10. The zero-order chi connectivity index (χ0) is 6.15. The lowest BCUT2D eigenvalue weighted by molar-refractivity contribution is -0.437. The molecule has 3 heteroatoms. The van der Waals surface area contributed by atoms with E-state index in [0.29, 0.717) is 0 Å². The van der Waals surface area contributed by atoms with Crippen LogP contribution in [0.25, 0.3) is 5.43 Å². The van der Waals surface area contributed by atoms with E-state index >= 15 is 0 Å². The van der Waals surface area contributed by atoms with Gasteiger partial charge in [-0.05, 0) is 0 Å². The zero-order valence-electron chi connectivity index (χ0n) is 5.34. The summed E-state index contributed by atoms with van der Waals surface area (Å²) in [6, 6.07) is 0. The first-order valence-corrected chi connectivity index (χ1v) is 2.49. The van der Waals surface area contributed by atoms with E-state index in [1.807, 2.05) is 25.9 Å². The number of nitrogens with zero attached hydrogens (tertiary/aromatic N) is 3. The number of hydrogen-bond donors (Lipinski definition) is 0. The Bertz CT molecular complexity index is 128. The Morgan fingerprint density at radius 1 is 1.75 bits per heavy atom. The molecule has 0 aliphatic carbocycles. The summed E-state index contributed by atoms with van der Waals surface area (Å²) in [6.07, 6.45) is 0. The van der Waals surface area contributed by atoms with Gasteiger partial charge in [0.05, 0.1) is 14.1 Å². The zero-order valence-corrected chi connectivity index (χ0v) is 5.34. The second-order valence-corrected chi connectivity index (χ2v) is 1.83. The first kappa shape index (κ1) is 5.41. The van der Waals surface area contributed by atoms with E-state index < -0.39 is 0 Å². The van der Waals surface area contributed by atoms with Crippen LogP contribution in [0.5, 0.6) is 0 Å². The normalized spacial score (nSPS) is 19.6. The van der Waals surface area contributed by atoms with Crippen molar-refractivity contribution in [3.8, 4) is 0 Å². The predicted octanol–water partition coefficient (Wildman–Crippen LogP) is 0.277. The number of hydrogen-bond acceptors (Lipinski definition) is 1. The van der Waals surface area contributed by atoms with Gasteiger partial charge < -0.3 is 10.1 Å². The third-order valence-corrected chi connectivity index (χ3v) is 1.30. The summed E-state index contributed by atoms with van der Waals surface area (Å²) < 4.78 is 1.78. The minimum Gasteiger partial charge on any atom is -0.480 e. The molecule has 0 spiro atoms. The van der Waals surface area contributed by atoms with Gasteiger partial charge in [0.15, 0.2) is 0 Å². The van der Waals surface area contributed by atoms with Crippen LogP contribution in [0.2, 0.25) is 0 Å². The van der Waals surface area contributed by atoms with Gasteiger partial charge in [0, 0.05) is 6.92 Å². The Kier molecular flexibility index (Phi) is 1.12. The van der Waals surface area contributed by atoms with Gasteiger partial charge in [0.1, 0.15) is 6.67 Å². The van der Waals surface area contributed by atoms with Crippen molar-refractivity contribution in [2.24, 2.45) is 0 Å². The molecule has 0 amide bonds. The van der Waals surface area contributed by atoms with Crippen molar-refractivity contribution in [1.82, 2.24) is 4.90 Å². The Morgan fingerprint density at radius 3 is 2.50 bits per heavy atom. The van der Waals surface area contributed by atoms with Crippen molar-refractivity contribution >= 4 is 5.84 Å². The first-order chi connectivity index (χ1) is 3.72. The highest BCUT2D eigenvalue weighted by atomic mass is 15.6. The third kappa shape index (κ3) is 0.638. The summed E-state index contributed by atoms with van der Waals surface area (Å²) in [6.45, 7) is 4.76. The van der Waals surface area contributed by atoms with Crippen LogP contribution in [0, 0.1) is 6.67 Å². The highest BCUT2D eigenvalue weighted by Gasteiger charge is 2.11. The van der Waals surface area contributed by atoms with Crippen molar-refractivity contribution in [2.45, 2.75) is 6.92 Å². The van der Waals surface area contributed by atoms with Crippen molar-refractivity contribution in [3.05, 3.63) is 12.1 Å². The van der Waals surface area contributed by atoms with Crippen LogP contribution in [0.3, 0.4) is 0 Å². The summed E-state index contributed by atoms with van der Waals surface area (Å²) in [4.78, 5) is 1.85. The van der Waals surface area contributed by atoms with Gasteiger partial charge in [-0.3, -0.25) is 4.90 Å². The van der Waals surface area contributed by atoms with E-state index in [0.717, 1.165) is 5.84 Å². The molecule has 0 fully saturated rings. The fourth-order valence-corrected chi connectivity index (χ4v) is 0.496. The van der Waals surface area contributed by atoms with Crippen LogP contribution in [-0.4, -0.2) is 29.5 Å². The second-order valence-electron chi connectivity index (χ2n) is 1.83. The van der Waals surface area contributed by atoms with Crippen LogP contribution in [0.1, 0.15) is 6.92 Å². The fraction of sp³-hybridized carbons (Fsp3) is 0.600. The van der Waals surface area contributed by atoms with Crippen LogP contribution in [-0.2, 0) is 0 Å². The molecule has 1 aliphatic heterocycles. The maximum atomic E-state index is 3.87.